The van der Waals surface area contributed by atoms with Crippen LogP contribution >= 0.6 is 0 Å². The molecule has 2 aromatic carbocycles. The molecular weight excluding hydrogens is 416 g/mol. The predicted molar refractivity (Wildman–Crippen MR) is 114 cm³/mol. The Bertz CT molecular complexity index is 1120. The molecule has 0 spiro atoms. The number of carbonyl (C=O) groups is 2. The van der Waals surface area contributed by atoms with E-state index >= 15 is 0 Å². The standard InChI is InChI=1S/C24H21F2N3O3/c25-17-9-10-20(26)19(13-17)24(31)29-12-4-5-16(15-29)23(30)28-21-7-1-2-8-22(21)32-18-6-3-11-27-14-18/h1-3,6-11,13-14,16H,4-5,12,15H2,(H,28,30)/t16-/m0/s1. The van der Waals surface area contributed by atoms with Gasteiger partial charge >= 0.3 is 0 Å². The summed E-state index contributed by atoms with van der Waals surface area (Å²) in [7, 11) is 0. The summed E-state index contributed by atoms with van der Waals surface area (Å²) < 4.78 is 33.3. The van der Waals surface area contributed by atoms with Gasteiger partial charge in [-0.15, -0.1) is 0 Å². The number of ether oxygens (including phenoxy) is 1. The van der Waals surface area contributed by atoms with Gasteiger partial charge in [-0.25, -0.2) is 8.78 Å². The summed E-state index contributed by atoms with van der Waals surface area (Å²) >= 11 is 0. The van der Waals surface area contributed by atoms with E-state index in [-0.39, 0.29) is 18.0 Å². The molecule has 0 radical (unpaired) electrons. The molecule has 2 amide bonds. The van der Waals surface area contributed by atoms with Crippen LogP contribution in [0.25, 0.3) is 0 Å². The maximum absolute atomic E-state index is 14.0. The van der Waals surface area contributed by atoms with E-state index in [0.717, 1.165) is 18.2 Å². The summed E-state index contributed by atoms with van der Waals surface area (Å²) in [6.45, 7) is 0.492. The number of nitrogens with zero attached hydrogens (tertiary/aromatic N) is 2. The lowest BCUT2D eigenvalue weighted by molar-refractivity contribution is -0.121. The van der Waals surface area contributed by atoms with Crippen molar-refractivity contribution >= 4 is 17.5 Å². The molecule has 1 aliphatic rings. The smallest absolute Gasteiger partial charge is 0.256 e. The number of amides is 2. The second-order valence-electron chi connectivity index (χ2n) is 7.49. The highest BCUT2D eigenvalue weighted by Crippen LogP contribution is 2.30. The summed E-state index contributed by atoms with van der Waals surface area (Å²) in [6, 6.07) is 13.3. The number of nitrogens with one attached hydrogen (secondary N) is 1. The first-order valence-electron chi connectivity index (χ1n) is 10.2. The van der Waals surface area contributed by atoms with E-state index in [9.17, 15) is 18.4 Å². The Morgan fingerprint density at radius 2 is 1.94 bits per heavy atom. The Morgan fingerprint density at radius 1 is 1.09 bits per heavy atom. The Hall–Kier alpha value is -3.81. The normalized spacial score (nSPS) is 15.8. The summed E-state index contributed by atoms with van der Waals surface area (Å²) in [5.41, 5.74) is 0.155. The zero-order chi connectivity index (χ0) is 22.5. The number of aromatic nitrogens is 1. The topological polar surface area (TPSA) is 71.5 Å². The van der Waals surface area contributed by atoms with Gasteiger partial charge in [0.15, 0.2) is 5.75 Å². The average molecular weight is 437 g/mol. The van der Waals surface area contributed by atoms with Crippen molar-refractivity contribution in [3.05, 3.63) is 84.2 Å². The number of hydrogen-bond donors (Lipinski definition) is 1. The first-order valence-corrected chi connectivity index (χ1v) is 10.2. The summed E-state index contributed by atoms with van der Waals surface area (Å²) in [6.07, 6.45) is 4.35. The molecule has 0 saturated carbocycles. The fourth-order valence-corrected chi connectivity index (χ4v) is 3.64. The van der Waals surface area contributed by atoms with Crippen LogP contribution < -0.4 is 10.1 Å². The van der Waals surface area contributed by atoms with Gasteiger partial charge in [0, 0.05) is 19.3 Å². The molecule has 1 aliphatic heterocycles. The van der Waals surface area contributed by atoms with Crippen LogP contribution in [0.2, 0.25) is 0 Å². The van der Waals surface area contributed by atoms with Crippen molar-refractivity contribution in [2.24, 2.45) is 5.92 Å². The zero-order valence-corrected chi connectivity index (χ0v) is 17.1. The van der Waals surface area contributed by atoms with Crippen molar-refractivity contribution in [1.82, 2.24) is 9.88 Å². The number of para-hydroxylation sites is 2. The first kappa shape index (κ1) is 21.4. The second-order valence-corrected chi connectivity index (χ2v) is 7.49. The molecule has 32 heavy (non-hydrogen) atoms. The van der Waals surface area contributed by atoms with Gasteiger partial charge in [-0.2, -0.15) is 0 Å². The molecule has 6 nitrogen and oxygen atoms in total. The van der Waals surface area contributed by atoms with Crippen molar-refractivity contribution in [2.45, 2.75) is 12.8 Å². The lowest BCUT2D eigenvalue weighted by Crippen LogP contribution is -2.44. The third-order valence-electron chi connectivity index (χ3n) is 5.25. The van der Waals surface area contributed by atoms with Crippen LogP contribution in [0, 0.1) is 17.6 Å². The minimum atomic E-state index is -0.788. The van der Waals surface area contributed by atoms with Crippen LogP contribution in [-0.2, 0) is 4.79 Å². The van der Waals surface area contributed by atoms with E-state index in [4.69, 9.17) is 4.74 Å². The Morgan fingerprint density at radius 3 is 2.75 bits per heavy atom. The Kier molecular flexibility index (Phi) is 6.39. The number of rotatable bonds is 5. The Labute approximate surface area is 183 Å². The van der Waals surface area contributed by atoms with Gasteiger partial charge in [0.05, 0.1) is 23.4 Å². The van der Waals surface area contributed by atoms with E-state index < -0.39 is 23.5 Å². The monoisotopic (exact) mass is 437 g/mol. The fourth-order valence-electron chi connectivity index (χ4n) is 3.64. The van der Waals surface area contributed by atoms with Crippen LogP contribution in [0.5, 0.6) is 11.5 Å². The third kappa shape index (κ3) is 4.91. The fraction of sp³-hybridized carbons (Fsp3) is 0.208. The van der Waals surface area contributed by atoms with Crippen molar-refractivity contribution in [3.8, 4) is 11.5 Å². The van der Waals surface area contributed by atoms with Crippen molar-refractivity contribution < 1.29 is 23.1 Å². The van der Waals surface area contributed by atoms with Gasteiger partial charge in [0.25, 0.3) is 5.91 Å². The van der Waals surface area contributed by atoms with Crippen molar-refractivity contribution in [1.29, 1.82) is 0 Å². The van der Waals surface area contributed by atoms with Gasteiger partial charge in [-0.05, 0) is 55.3 Å². The van der Waals surface area contributed by atoms with Crippen LogP contribution in [0.1, 0.15) is 23.2 Å². The first-order chi connectivity index (χ1) is 15.5. The third-order valence-corrected chi connectivity index (χ3v) is 5.25. The predicted octanol–water partition coefficient (Wildman–Crippen LogP) is 4.64. The van der Waals surface area contributed by atoms with Gasteiger partial charge < -0.3 is 15.0 Å². The van der Waals surface area contributed by atoms with E-state index in [1.54, 1.807) is 48.8 Å². The lowest BCUT2D eigenvalue weighted by atomic mass is 9.96. The molecule has 0 bridgehead atoms. The van der Waals surface area contributed by atoms with E-state index in [1.165, 1.54) is 4.90 Å². The zero-order valence-electron chi connectivity index (χ0n) is 17.1. The number of carbonyl (C=O) groups excluding carboxylic acids is 2. The molecule has 0 aliphatic carbocycles. The molecule has 4 rings (SSSR count). The van der Waals surface area contributed by atoms with E-state index in [2.05, 4.69) is 10.3 Å². The molecule has 1 aromatic heterocycles. The average Bonchev–Trinajstić information content (AvgIpc) is 2.82. The summed E-state index contributed by atoms with van der Waals surface area (Å²) in [4.78, 5) is 31.1. The van der Waals surface area contributed by atoms with Crippen molar-refractivity contribution in [3.63, 3.8) is 0 Å². The SMILES string of the molecule is O=C(Nc1ccccc1Oc1cccnc1)[C@H]1CCCN(C(=O)c2cc(F)ccc2F)C1. The summed E-state index contributed by atoms with van der Waals surface area (Å²) in [5.74, 6) is -1.88. The van der Waals surface area contributed by atoms with Gasteiger partial charge in [-0.1, -0.05) is 12.1 Å². The number of hydrogen-bond acceptors (Lipinski definition) is 4. The van der Waals surface area contributed by atoms with E-state index in [0.29, 0.717) is 36.6 Å². The highest BCUT2D eigenvalue weighted by molar-refractivity contribution is 5.97. The highest BCUT2D eigenvalue weighted by atomic mass is 19.1. The number of halogens is 2. The molecule has 1 fully saturated rings. The number of pyridine rings is 1. The van der Waals surface area contributed by atoms with Crippen LogP contribution in [0.3, 0.4) is 0 Å². The maximum atomic E-state index is 14.0. The largest absolute Gasteiger partial charge is 0.454 e. The number of benzene rings is 2. The molecule has 3 aromatic rings. The van der Waals surface area contributed by atoms with Gasteiger partial charge in [-0.3, -0.25) is 14.6 Å². The van der Waals surface area contributed by atoms with Crippen LogP contribution in [0.15, 0.2) is 67.0 Å². The van der Waals surface area contributed by atoms with Crippen LogP contribution in [-0.4, -0.2) is 34.8 Å². The van der Waals surface area contributed by atoms with Crippen molar-refractivity contribution in [2.75, 3.05) is 18.4 Å². The molecule has 1 N–H and O–H groups in total. The quantitative estimate of drug-likeness (QED) is 0.631. The minimum absolute atomic E-state index is 0.117. The molecule has 0 unspecified atom stereocenters. The second kappa shape index (κ2) is 9.55. The van der Waals surface area contributed by atoms with Gasteiger partial charge in [0.1, 0.15) is 17.4 Å². The lowest BCUT2D eigenvalue weighted by Gasteiger charge is -2.32. The van der Waals surface area contributed by atoms with Crippen LogP contribution in [0.4, 0.5) is 14.5 Å². The number of anilines is 1. The molecule has 8 heteroatoms. The highest BCUT2D eigenvalue weighted by Gasteiger charge is 2.30. The number of piperidine rings is 1. The molecule has 1 atom stereocenters. The molecule has 164 valence electrons. The van der Waals surface area contributed by atoms with E-state index in [1.807, 2.05) is 0 Å². The number of likely N-dealkylation sites (tertiary alicyclic amines) is 1. The summed E-state index contributed by atoms with van der Waals surface area (Å²) in [5, 5.41) is 2.86. The van der Waals surface area contributed by atoms with Gasteiger partial charge in [0.2, 0.25) is 5.91 Å². The maximum Gasteiger partial charge on any atom is 0.256 e. The Balaban J connectivity index is 1.45. The molecule has 2 heterocycles. The molecule has 1 saturated heterocycles. The molecular formula is C24H21F2N3O3. The minimum Gasteiger partial charge on any atom is -0.454 e.